The van der Waals surface area contributed by atoms with Gasteiger partial charge in [0.25, 0.3) is 0 Å². The lowest BCUT2D eigenvalue weighted by molar-refractivity contribution is 0.226. The Hall–Kier alpha value is -1.58. The number of carbonyl (C=O) groups is 1. The molecule has 7 nitrogen and oxygen atoms in total. The Morgan fingerprint density at radius 1 is 1.32 bits per heavy atom. The summed E-state index contributed by atoms with van der Waals surface area (Å²) in [6, 6.07) is 3.89. The van der Waals surface area contributed by atoms with Gasteiger partial charge in [-0.15, -0.1) is 0 Å². The fraction of sp³-hybridized carbons (Fsp3) is 0.579. The highest BCUT2D eigenvalue weighted by Gasteiger charge is 2.09. The van der Waals surface area contributed by atoms with Crippen molar-refractivity contribution in [2.24, 2.45) is 0 Å². The molecular formula is C19H31N5O2S2. The van der Waals surface area contributed by atoms with Gasteiger partial charge in [-0.25, -0.2) is 9.78 Å². The normalized spacial score (nSPS) is 11.2. The number of aromatic nitrogens is 2. The largest absolute Gasteiger partial charge is 0.464 e. The molecule has 0 fully saturated rings. The topological polar surface area (TPSA) is 66.5 Å². The Balaban J connectivity index is 1.51. The molecular weight excluding hydrogens is 394 g/mol. The molecule has 0 saturated carbocycles. The van der Waals surface area contributed by atoms with Crippen LogP contribution in [0.25, 0.3) is 0 Å². The number of thiol groups is 1. The summed E-state index contributed by atoms with van der Waals surface area (Å²) in [7, 11) is 4.04. The molecule has 2 heterocycles. The molecule has 1 N–H and O–H groups in total. The van der Waals surface area contributed by atoms with E-state index in [4.69, 9.17) is 4.42 Å². The number of imidazole rings is 1. The number of nitrogens with one attached hydrogen (secondary N) is 1. The number of thioether (sulfide) groups is 1. The minimum Gasteiger partial charge on any atom is -0.464 e. The SMILES string of the molecule is Cc1nccn1CCCCN(S)C(=O)NCCSCc1ccc(CN(C)C)o1. The second-order valence-corrected chi connectivity index (χ2v) is 8.48. The number of amides is 2. The predicted octanol–water partition coefficient (Wildman–Crippen LogP) is 3.42. The summed E-state index contributed by atoms with van der Waals surface area (Å²) in [4.78, 5) is 18.3. The first kappa shape index (κ1) is 22.7. The molecule has 0 aliphatic rings. The van der Waals surface area contributed by atoms with Gasteiger partial charge in [-0.1, -0.05) is 12.8 Å². The third-order valence-corrected chi connectivity index (χ3v) is 5.50. The second-order valence-electron chi connectivity index (χ2n) is 6.89. The minimum absolute atomic E-state index is 0.144. The Morgan fingerprint density at radius 2 is 2.11 bits per heavy atom. The van der Waals surface area contributed by atoms with Crippen molar-refractivity contribution in [3.63, 3.8) is 0 Å². The molecule has 0 aliphatic heterocycles. The fourth-order valence-corrected chi connectivity index (χ4v) is 3.64. The van der Waals surface area contributed by atoms with Crippen LogP contribution in [0, 0.1) is 6.92 Å². The van der Waals surface area contributed by atoms with Gasteiger partial charge in [-0.05, 0) is 46.0 Å². The Bertz CT molecular complexity index is 717. The van der Waals surface area contributed by atoms with Gasteiger partial charge in [-0.2, -0.15) is 11.8 Å². The smallest absolute Gasteiger partial charge is 0.327 e. The van der Waals surface area contributed by atoms with Crippen LogP contribution in [0.4, 0.5) is 4.79 Å². The number of hydrogen-bond acceptors (Lipinski definition) is 6. The molecule has 2 aromatic heterocycles. The number of furan rings is 1. The molecule has 0 saturated heterocycles. The molecule has 28 heavy (non-hydrogen) atoms. The Morgan fingerprint density at radius 3 is 2.82 bits per heavy atom. The zero-order valence-corrected chi connectivity index (χ0v) is 18.6. The van der Waals surface area contributed by atoms with Gasteiger partial charge in [-0.3, -0.25) is 4.31 Å². The van der Waals surface area contributed by atoms with Crippen molar-refractivity contribution >= 4 is 30.6 Å². The summed E-state index contributed by atoms with van der Waals surface area (Å²) < 4.78 is 9.34. The molecule has 0 spiro atoms. The van der Waals surface area contributed by atoms with Crippen molar-refractivity contribution in [2.45, 2.75) is 38.6 Å². The molecule has 0 bridgehead atoms. The average molecular weight is 426 g/mol. The first-order chi connectivity index (χ1) is 13.5. The molecule has 9 heteroatoms. The van der Waals surface area contributed by atoms with Crippen molar-refractivity contribution in [2.75, 3.05) is 32.9 Å². The Kier molecular flexibility index (Phi) is 9.80. The van der Waals surface area contributed by atoms with Crippen molar-refractivity contribution in [1.82, 2.24) is 24.1 Å². The standard InChI is InChI=1S/C19H31N5O2S2/c1-16-20-8-12-23(16)10-4-5-11-24(27)19(25)21-9-13-28-15-18-7-6-17(26-18)14-22(2)3/h6-8,12,27H,4-5,9-11,13-15H2,1-3H3,(H,21,25). The summed E-state index contributed by atoms with van der Waals surface area (Å²) in [5, 5.41) is 2.90. The number of rotatable bonds is 12. The van der Waals surface area contributed by atoms with E-state index in [1.807, 2.05) is 39.3 Å². The number of hydrogen-bond donors (Lipinski definition) is 2. The van der Waals surface area contributed by atoms with E-state index in [1.165, 1.54) is 4.31 Å². The van der Waals surface area contributed by atoms with Gasteiger partial charge >= 0.3 is 6.03 Å². The lowest BCUT2D eigenvalue weighted by Crippen LogP contribution is -2.35. The van der Waals surface area contributed by atoms with Crippen LogP contribution in [0.15, 0.2) is 28.9 Å². The highest BCUT2D eigenvalue weighted by atomic mass is 32.2. The summed E-state index contributed by atoms with van der Waals surface area (Å²) >= 11 is 6.02. The van der Waals surface area contributed by atoms with Crippen molar-refractivity contribution in [3.8, 4) is 0 Å². The van der Waals surface area contributed by atoms with Crippen LogP contribution in [0.3, 0.4) is 0 Å². The first-order valence-electron chi connectivity index (χ1n) is 9.47. The first-order valence-corrected chi connectivity index (χ1v) is 11.0. The van der Waals surface area contributed by atoms with E-state index in [-0.39, 0.29) is 6.03 Å². The lowest BCUT2D eigenvalue weighted by atomic mass is 10.3. The maximum absolute atomic E-state index is 12.0. The third kappa shape index (κ3) is 8.20. The summed E-state index contributed by atoms with van der Waals surface area (Å²) in [6.07, 6.45) is 5.66. The van der Waals surface area contributed by atoms with E-state index in [0.29, 0.717) is 13.1 Å². The molecule has 2 aromatic rings. The van der Waals surface area contributed by atoms with E-state index in [9.17, 15) is 4.79 Å². The summed E-state index contributed by atoms with van der Waals surface area (Å²) in [5.74, 6) is 4.60. The van der Waals surface area contributed by atoms with Crippen molar-refractivity contribution in [1.29, 1.82) is 0 Å². The van der Waals surface area contributed by atoms with Gasteiger partial charge in [0.15, 0.2) is 0 Å². The van der Waals surface area contributed by atoms with Gasteiger partial charge in [0.05, 0.1) is 12.3 Å². The summed E-state index contributed by atoms with van der Waals surface area (Å²) in [5.41, 5.74) is 0. The molecule has 0 atom stereocenters. The predicted molar refractivity (Wildman–Crippen MR) is 118 cm³/mol. The van der Waals surface area contributed by atoms with E-state index in [2.05, 4.69) is 32.6 Å². The fourth-order valence-electron chi connectivity index (χ4n) is 2.68. The second kappa shape index (κ2) is 12.1. The molecule has 2 amide bonds. The van der Waals surface area contributed by atoms with Crippen LogP contribution in [-0.4, -0.2) is 57.7 Å². The minimum atomic E-state index is -0.144. The number of urea groups is 1. The third-order valence-electron chi connectivity index (χ3n) is 4.13. The summed E-state index contributed by atoms with van der Waals surface area (Å²) in [6.45, 7) is 4.94. The zero-order valence-electron chi connectivity index (χ0n) is 16.9. The maximum Gasteiger partial charge on any atom is 0.327 e. The molecule has 156 valence electrons. The highest BCUT2D eigenvalue weighted by molar-refractivity contribution is 7.98. The van der Waals surface area contributed by atoms with Crippen LogP contribution >= 0.6 is 24.6 Å². The number of aryl methyl sites for hydroxylation is 2. The van der Waals surface area contributed by atoms with Gasteiger partial charge < -0.3 is 19.2 Å². The quantitative estimate of drug-likeness (QED) is 0.403. The van der Waals surface area contributed by atoms with Crippen molar-refractivity contribution in [3.05, 3.63) is 41.9 Å². The molecule has 0 aromatic carbocycles. The van der Waals surface area contributed by atoms with Gasteiger partial charge in [0.1, 0.15) is 17.3 Å². The van der Waals surface area contributed by atoms with E-state index < -0.39 is 0 Å². The van der Waals surface area contributed by atoms with E-state index >= 15 is 0 Å². The van der Waals surface area contributed by atoms with Crippen LogP contribution in [0.1, 0.15) is 30.2 Å². The van der Waals surface area contributed by atoms with Crippen molar-refractivity contribution < 1.29 is 9.21 Å². The van der Waals surface area contributed by atoms with Crippen LogP contribution in [-0.2, 0) is 18.8 Å². The Labute approximate surface area is 177 Å². The zero-order chi connectivity index (χ0) is 20.4. The number of carbonyl (C=O) groups excluding carboxylic acids is 1. The monoisotopic (exact) mass is 425 g/mol. The molecule has 0 aliphatic carbocycles. The maximum atomic E-state index is 12.0. The van der Waals surface area contributed by atoms with E-state index in [1.54, 1.807) is 18.0 Å². The van der Waals surface area contributed by atoms with Crippen LogP contribution in [0.2, 0.25) is 0 Å². The lowest BCUT2D eigenvalue weighted by Gasteiger charge is -2.16. The highest BCUT2D eigenvalue weighted by Crippen LogP contribution is 2.16. The van der Waals surface area contributed by atoms with Crippen LogP contribution < -0.4 is 5.32 Å². The van der Waals surface area contributed by atoms with Gasteiger partial charge in [0.2, 0.25) is 0 Å². The molecule has 0 radical (unpaired) electrons. The molecule has 2 rings (SSSR count). The van der Waals surface area contributed by atoms with Crippen LogP contribution in [0.5, 0.6) is 0 Å². The molecule has 0 unspecified atom stereocenters. The number of nitrogens with zero attached hydrogens (tertiary/aromatic N) is 4. The van der Waals surface area contributed by atoms with E-state index in [0.717, 1.165) is 54.8 Å². The van der Waals surface area contributed by atoms with Gasteiger partial charge in [0, 0.05) is 37.8 Å². The number of unbranched alkanes of at least 4 members (excludes halogenated alkanes) is 1. The average Bonchev–Trinajstić information content (AvgIpc) is 3.26.